The van der Waals surface area contributed by atoms with Gasteiger partial charge >= 0.3 is 0 Å². The van der Waals surface area contributed by atoms with Gasteiger partial charge in [0, 0.05) is 5.56 Å². The summed E-state index contributed by atoms with van der Waals surface area (Å²) in [6.45, 7) is 0.431. The summed E-state index contributed by atoms with van der Waals surface area (Å²) in [5, 5.41) is 9.02. The van der Waals surface area contributed by atoms with E-state index >= 15 is 0 Å². The van der Waals surface area contributed by atoms with Crippen LogP contribution in [0.2, 0.25) is 0 Å². The Kier molecular flexibility index (Phi) is 2.88. The Morgan fingerprint density at radius 1 is 1.11 bits per heavy atom. The van der Waals surface area contributed by atoms with Crippen LogP contribution in [0.5, 0.6) is 17.2 Å². The minimum absolute atomic E-state index is 0.195. The molecule has 2 aromatic rings. The zero-order chi connectivity index (χ0) is 12.4. The summed E-state index contributed by atoms with van der Waals surface area (Å²) in [5.74, 6) is 2.29. The average Bonchev–Trinajstić information content (AvgIpc) is 2.82. The van der Waals surface area contributed by atoms with E-state index in [1.165, 1.54) is 0 Å². The van der Waals surface area contributed by atoms with Gasteiger partial charge < -0.3 is 14.7 Å². The molecular weight excluding hydrogens is 230 g/mol. The van der Waals surface area contributed by atoms with Crippen molar-refractivity contribution < 1.29 is 14.7 Å². The SMILES string of the molecule is ONC1COc2ccc(Oc3ccccc3)cc21. The van der Waals surface area contributed by atoms with Crippen LogP contribution in [0, 0.1) is 0 Å². The largest absolute Gasteiger partial charge is 0.491 e. The summed E-state index contributed by atoms with van der Waals surface area (Å²) in [7, 11) is 0. The highest BCUT2D eigenvalue weighted by molar-refractivity contribution is 5.45. The van der Waals surface area contributed by atoms with Gasteiger partial charge in [-0.1, -0.05) is 18.2 Å². The zero-order valence-corrected chi connectivity index (χ0v) is 9.67. The van der Waals surface area contributed by atoms with E-state index in [0.29, 0.717) is 6.61 Å². The van der Waals surface area contributed by atoms with Gasteiger partial charge in [-0.2, -0.15) is 5.48 Å². The molecule has 1 atom stereocenters. The van der Waals surface area contributed by atoms with E-state index < -0.39 is 0 Å². The molecule has 4 nitrogen and oxygen atoms in total. The first-order valence-corrected chi connectivity index (χ1v) is 5.76. The summed E-state index contributed by atoms with van der Waals surface area (Å²) in [5.41, 5.74) is 3.14. The van der Waals surface area contributed by atoms with Gasteiger partial charge in [0.2, 0.25) is 0 Å². The topological polar surface area (TPSA) is 50.7 Å². The third-order valence-electron chi connectivity index (χ3n) is 2.90. The quantitative estimate of drug-likeness (QED) is 0.814. The summed E-state index contributed by atoms with van der Waals surface area (Å²) < 4.78 is 11.2. The lowest BCUT2D eigenvalue weighted by Crippen LogP contribution is -2.17. The minimum atomic E-state index is -0.195. The Balaban J connectivity index is 1.87. The fourth-order valence-electron chi connectivity index (χ4n) is 1.99. The number of hydrogen-bond donors (Lipinski definition) is 2. The van der Waals surface area contributed by atoms with Crippen LogP contribution >= 0.6 is 0 Å². The van der Waals surface area contributed by atoms with Gasteiger partial charge in [0.25, 0.3) is 0 Å². The van der Waals surface area contributed by atoms with Crippen molar-refractivity contribution in [3.63, 3.8) is 0 Å². The Morgan fingerprint density at radius 2 is 1.94 bits per heavy atom. The highest BCUT2D eigenvalue weighted by Gasteiger charge is 2.24. The molecule has 0 bridgehead atoms. The summed E-state index contributed by atoms with van der Waals surface area (Å²) in [4.78, 5) is 0. The van der Waals surface area contributed by atoms with Crippen LogP contribution in [0.15, 0.2) is 48.5 Å². The van der Waals surface area contributed by atoms with E-state index in [0.717, 1.165) is 22.8 Å². The lowest BCUT2D eigenvalue weighted by molar-refractivity contribution is 0.113. The molecule has 18 heavy (non-hydrogen) atoms. The number of ether oxygens (including phenoxy) is 2. The fraction of sp³-hybridized carbons (Fsp3) is 0.143. The molecule has 0 radical (unpaired) electrons. The number of benzene rings is 2. The van der Waals surface area contributed by atoms with Crippen molar-refractivity contribution in [3.8, 4) is 17.2 Å². The Labute approximate surface area is 105 Å². The number of hydrogen-bond acceptors (Lipinski definition) is 4. The molecule has 0 aliphatic carbocycles. The number of hydroxylamine groups is 1. The molecule has 0 saturated heterocycles. The molecule has 1 aliphatic heterocycles. The fourth-order valence-corrected chi connectivity index (χ4v) is 1.99. The first kappa shape index (κ1) is 11.1. The van der Waals surface area contributed by atoms with Crippen LogP contribution < -0.4 is 15.0 Å². The first-order valence-electron chi connectivity index (χ1n) is 5.76. The smallest absolute Gasteiger partial charge is 0.128 e. The van der Waals surface area contributed by atoms with E-state index in [1.807, 2.05) is 48.5 Å². The van der Waals surface area contributed by atoms with Gasteiger partial charge in [-0.25, -0.2) is 0 Å². The molecule has 4 heteroatoms. The van der Waals surface area contributed by atoms with Crippen molar-refractivity contribution in [2.45, 2.75) is 6.04 Å². The Hall–Kier alpha value is -2.04. The molecule has 3 rings (SSSR count). The molecule has 1 aliphatic rings. The Morgan fingerprint density at radius 3 is 2.72 bits per heavy atom. The van der Waals surface area contributed by atoms with Crippen molar-refractivity contribution in [1.82, 2.24) is 5.48 Å². The number of fused-ring (bicyclic) bond motifs is 1. The highest BCUT2D eigenvalue weighted by Crippen LogP contribution is 2.35. The van der Waals surface area contributed by atoms with Gasteiger partial charge in [-0.15, -0.1) is 0 Å². The normalized spacial score (nSPS) is 17.1. The van der Waals surface area contributed by atoms with Gasteiger partial charge in [-0.05, 0) is 30.3 Å². The number of para-hydroxylation sites is 1. The van der Waals surface area contributed by atoms with Crippen molar-refractivity contribution in [2.75, 3.05) is 6.61 Å². The lowest BCUT2D eigenvalue weighted by atomic mass is 10.1. The van der Waals surface area contributed by atoms with Crippen molar-refractivity contribution in [1.29, 1.82) is 0 Å². The highest BCUT2D eigenvalue weighted by atomic mass is 16.5. The van der Waals surface area contributed by atoms with Gasteiger partial charge in [0.1, 0.15) is 23.9 Å². The molecule has 0 spiro atoms. The van der Waals surface area contributed by atoms with Crippen LogP contribution in [0.25, 0.3) is 0 Å². The number of nitrogens with one attached hydrogen (secondary N) is 1. The summed E-state index contributed by atoms with van der Waals surface area (Å²) >= 11 is 0. The average molecular weight is 243 g/mol. The second-order valence-electron chi connectivity index (χ2n) is 4.11. The van der Waals surface area contributed by atoms with E-state index in [4.69, 9.17) is 14.7 Å². The molecule has 92 valence electrons. The maximum absolute atomic E-state index is 9.02. The van der Waals surface area contributed by atoms with Crippen molar-refractivity contribution in [3.05, 3.63) is 54.1 Å². The maximum Gasteiger partial charge on any atom is 0.128 e. The second kappa shape index (κ2) is 4.68. The first-order chi connectivity index (χ1) is 8.86. The van der Waals surface area contributed by atoms with Crippen LogP contribution in [-0.4, -0.2) is 11.8 Å². The van der Waals surface area contributed by atoms with Crippen LogP contribution in [0.1, 0.15) is 11.6 Å². The third kappa shape index (κ3) is 2.03. The van der Waals surface area contributed by atoms with Gasteiger partial charge in [0.05, 0.1) is 6.04 Å². The molecule has 0 aromatic heterocycles. The molecule has 2 N–H and O–H groups in total. The molecule has 2 aromatic carbocycles. The maximum atomic E-state index is 9.02. The summed E-state index contributed by atoms with van der Waals surface area (Å²) in [6, 6.07) is 15.0. The molecule has 1 heterocycles. The van der Waals surface area contributed by atoms with Crippen LogP contribution in [0.3, 0.4) is 0 Å². The lowest BCUT2D eigenvalue weighted by Gasteiger charge is -2.09. The van der Waals surface area contributed by atoms with E-state index in [9.17, 15) is 0 Å². The van der Waals surface area contributed by atoms with E-state index in [2.05, 4.69) is 5.48 Å². The molecule has 1 unspecified atom stereocenters. The van der Waals surface area contributed by atoms with Crippen molar-refractivity contribution >= 4 is 0 Å². The van der Waals surface area contributed by atoms with Crippen LogP contribution in [0.4, 0.5) is 0 Å². The minimum Gasteiger partial charge on any atom is -0.491 e. The molecule has 0 fully saturated rings. The zero-order valence-electron chi connectivity index (χ0n) is 9.67. The second-order valence-corrected chi connectivity index (χ2v) is 4.11. The van der Waals surface area contributed by atoms with Gasteiger partial charge in [-0.3, -0.25) is 0 Å². The number of rotatable bonds is 3. The standard InChI is InChI=1S/C14H13NO3/c16-15-13-9-17-14-7-6-11(8-12(13)14)18-10-4-2-1-3-5-10/h1-8,13,15-16H,9H2. The molecule has 0 saturated carbocycles. The predicted molar refractivity (Wildman–Crippen MR) is 66.1 cm³/mol. The van der Waals surface area contributed by atoms with E-state index in [1.54, 1.807) is 0 Å². The van der Waals surface area contributed by atoms with Gasteiger partial charge in [0.15, 0.2) is 0 Å². The van der Waals surface area contributed by atoms with E-state index in [-0.39, 0.29) is 6.04 Å². The molecular formula is C14H13NO3. The third-order valence-corrected chi connectivity index (χ3v) is 2.90. The monoisotopic (exact) mass is 243 g/mol. The Bertz CT molecular complexity index is 542. The van der Waals surface area contributed by atoms with Crippen LogP contribution in [-0.2, 0) is 0 Å². The predicted octanol–water partition coefficient (Wildman–Crippen LogP) is 2.89. The summed E-state index contributed by atoms with van der Waals surface area (Å²) in [6.07, 6.45) is 0. The molecule has 0 amide bonds. The van der Waals surface area contributed by atoms with Crippen molar-refractivity contribution in [2.24, 2.45) is 0 Å².